The van der Waals surface area contributed by atoms with E-state index in [1.54, 1.807) is 41.9 Å². The monoisotopic (exact) mass is 502 g/mol. The van der Waals surface area contributed by atoms with E-state index in [2.05, 4.69) is 28.5 Å². The molecular weight excluding hydrogens is 472 g/mol. The summed E-state index contributed by atoms with van der Waals surface area (Å²) < 4.78 is 5.96. The lowest BCUT2D eigenvalue weighted by molar-refractivity contribution is -0.143. The summed E-state index contributed by atoms with van der Waals surface area (Å²) in [6, 6.07) is 15.5. The number of nitrogens with one attached hydrogen (secondary N) is 2. The van der Waals surface area contributed by atoms with E-state index in [0.717, 1.165) is 16.7 Å². The lowest BCUT2D eigenvalue weighted by atomic mass is 9.87. The molecule has 9 nitrogen and oxygen atoms in total. The van der Waals surface area contributed by atoms with Gasteiger partial charge in [0.1, 0.15) is 23.9 Å². The minimum Gasteiger partial charge on any atom is -0.489 e. The number of hydrogen-bond acceptors (Lipinski definition) is 6. The second-order valence-corrected chi connectivity index (χ2v) is 9.30. The van der Waals surface area contributed by atoms with Gasteiger partial charge in [-0.2, -0.15) is 0 Å². The van der Waals surface area contributed by atoms with Crippen LogP contribution in [-0.2, 0) is 21.7 Å². The molecule has 1 aliphatic heterocycles. The molecular formula is C28H30N4O5. The molecule has 0 radical (unpaired) electrons. The summed E-state index contributed by atoms with van der Waals surface area (Å²) >= 11 is 0. The first kappa shape index (κ1) is 25.8. The van der Waals surface area contributed by atoms with E-state index in [0.29, 0.717) is 23.5 Å². The number of carbonyl (C=O) groups is 3. The summed E-state index contributed by atoms with van der Waals surface area (Å²) in [7, 11) is 0. The van der Waals surface area contributed by atoms with Gasteiger partial charge in [0.2, 0.25) is 0 Å². The first-order valence-corrected chi connectivity index (χ1v) is 12.0. The minimum atomic E-state index is -1.39. The number of hydrogen-bond donors (Lipinski definition) is 3. The topological polar surface area (TPSA) is 121 Å². The Morgan fingerprint density at radius 2 is 1.73 bits per heavy atom. The van der Waals surface area contributed by atoms with Gasteiger partial charge in [0.15, 0.2) is 0 Å². The number of benzene rings is 2. The molecule has 9 heteroatoms. The van der Waals surface area contributed by atoms with Gasteiger partial charge in [-0.15, -0.1) is 0 Å². The van der Waals surface area contributed by atoms with Crippen molar-refractivity contribution in [2.45, 2.75) is 45.4 Å². The van der Waals surface area contributed by atoms with Crippen molar-refractivity contribution in [2.24, 2.45) is 0 Å². The Bertz CT molecular complexity index is 1280. The van der Waals surface area contributed by atoms with E-state index in [9.17, 15) is 14.4 Å². The number of likely N-dealkylation sites (tertiary alicyclic amines) is 1. The Kier molecular flexibility index (Phi) is 7.54. The first-order chi connectivity index (χ1) is 17.7. The summed E-state index contributed by atoms with van der Waals surface area (Å²) in [5, 5.41) is 12.0. The van der Waals surface area contributed by atoms with E-state index >= 15 is 0 Å². The highest BCUT2D eigenvalue weighted by atomic mass is 16.5. The van der Waals surface area contributed by atoms with Crippen LogP contribution in [0.15, 0.2) is 67.0 Å². The average molecular weight is 503 g/mol. The second-order valence-electron chi connectivity index (χ2n) is 9.30. The zero-order valence-electron chi connectivity index (χ0n) is 21.0. The Balaban J connectivity index is 1.60. The summed E-state index contributed by atoms with van der Waals surface area (Å²) in [5.74, 6) is -0.962. The maximum Gasteiger partial charge on any atom is 0.265 e. The number of aryl methyl sites for hydroxylation is 2. The predicted octanol–water partition coefficient (Wildman–Crippen LogP) is 3.03. The van der Waals surface area contributed by atoms with E-state index < -0.39 is 29.3 Å². The molecule has 2 atom stereocenters. The van der Waals surface area contributed by atoms with Crippen molar-refractivity contribution in [3.05, 3.63) is 94.8 Å². The van der Waals surface area contributed by atoms with Crippen molar-refractivity contribution in [1.82, 2.24) is 20.7 Å². The molecule has 3 N–H and O–H groups in total. The van der Waals surface area contributed by atoms with E-state index in [4.69, 9.17) is 9.94 Å². The maximum absolute atomic E-state index is 13.7. The molecule has 1 saturated heterocycles. The van der Waals surface area contributed by atoms with Crippen LogP contribution in [0.2, 0.25) is 0 Å². The fourth-order valence-corrected chi connectivity index (χ4v) is 4.73. The maximum atomic E-state index is 13.7. The standard InChI is InChI=1S/C28H30N4O5/c1-18-14-19(2)16-21(15-18)17-37-24-6-4-23(5-7-24)28(30-26(34)22-8-11-29-12-9-22)10-13-32(27(28)35)20(3)25(33)31-36/h4-9,11-12,14-16,20,36H,10,13,17H2,1-3H3,(H,30,34)(H,31,33). The zero-order chi connectivity index (χ0) is 26.6. The molecule has 1 fully saturated rings. The Morgan fingerprint density at radius 3 is 2.35 bits per heavy atom. The van der Waals surface area contributed by atoms with Crippen LogP contribution in [0.5, 0.6) is 5.75 Å². The molecule has 4 rings (SSSR count). The second kappa shape index (κ2) is 10.8. The van der Waals surface area contributed by atoms with Gasteiger partial charge in [0, 0.05) is 30.9 Å². The Hall–Kier alpha value is -4.24. The van der Waals surface area contributed by atoms with Crippen LogP contribution in [0.25, 0.3) is 0 Å². The van der Waals surface area contributed by atoms with Gasteiger partial charge >= 0.3 is 0 Å². The summed E-state index contributed by atoms with van der Waals surface area (Å²) in [5.41, 5.74) is 4.50. The normalized spacial score (nSPS) is 17.8. The molecule has 2 unspecified atom stereocenters. The number of ether oxygens (including phenoxy) is 1. The highest BCUT2D eigenvalue weighted by Crippen LogP contribution is 2.36. The molecule has 2 heterocycles. The third kappa shape index (κ3) is 5.46. The molecule has 0 spiro atoms. The van der Waals surface area contributed by atoms with Crippen molar-refractivity contribution in [3.8, 4) is 5.75 Å². The fraction of sp³-hybridized carbons (Fsp3) is 0.286. The summed E-state index contributed by atoms with van der Waals surface area (Å²) in [6.45, 7) is 6.21. The van der Waals surface area contributed by atoms with Crippen LogP contribution < -0.4 is 15.5 Å². The summed E-state index contributed by atoms with van der Waals surface area (Å²) in [6.07, 6.45) is 3.24. The molecule has 1 aromatic heterocycles. The number of aromatic nitrogens is 1. The largest absolute Gasteiger partial charge is 0.489 e. The molecule has 192 valence electrons. The molecule has 37 heavy (non-hydrogen) atoms. The zero-order valence-corrected chi connectivity index (χ0v) is 21.0. The van der Waals surface area contributed by atoms with Crippen LogP contribution in [-0.4, -0.2) is 45.4 Å². The number of carbonyl (C=O) groups excluding carboxylic acids is 3. The Labute approximate surface area is 215 Å². The molecule has 0 bridgehead atoms. The van der Waals surface area contributed by atoms with Gasteiger partial charge in [0.25, 0.3) is 17.7 Å². The van der Waals surface area contributed by atoms with Crippen LogP contribution in [0.1, 0.15) is 46.0 Å². The highest BCUT2D eigenvalue weighted by Gasteiger charge is 2.51. The molecule has 3 amide bonds. The third-order valence-electron chi connectivity index (χ3n) is 6.61. The van der Waals surface area contributed by atoms with Crippen LogP contribution in [0, 0.1) is 13.8 Å². The fourth-order valence-electron chi connectivity index (χ4n) is 4.73. The first-order valence-electron chi connectivity index (χ1n) is 12.0. The highest BCUT2D eigenvalue weighted by molar-refractivity contribution is 6.01. The number of rotatable bonds is 8. The molecule has 2 aromatic carbocycles. The quantitative estimate of drug-likeness (QED) is 0.322. The number of amides is 3. The molecule has 1 aliphatic rings. The van der Waals surface area contributed by atoms with Crippen LogP contribution >= 0.6 is 0 Å². The average Bonchev–Trinajstić information content (AvgIpc) is 3.23. The SMILES string of the molecule is Cc1cc(C)cc(COc2ccc(C3(NC(=O)c4ccncc4)CCN(C(C)C(=O)NO)C3=O)cc2)c1. The van der Waals surface area contributed by atoms with Crippen LogP contribution in [0.4, 0.5) is 0 Å². The molecule has 0 aliphatic carbocycles. The molecule has 0 saturated carbocycles. The van der Waals surface area contributed by atoms with Gasteiger partial charge in [-0.1, -0.05) is 41.5 Å². The number of nitrogens with zero attached hydrogens (tertiary/aromatic N) is 2. The summed E-state index contributed by atoms with van der Waals surface area (Å²) in [4.78, 5) is 44.2. The third-order valence-corrected chi connectivity index (χ3v) is 6.61. The lowest BCUT2D eigenvalue weighted by Gasteiger charge is -2.31. The van der Waals surface area contributed by atoms with Gasteiger partial charge in [0.05, 0.1) is 0 Å². The van der Waals surface area contributed by atoms with Crippen molar-refractivity contribution in [2.75, 3.05) is 6.54 Å². The van der Waals surface area contributed by atoms with Crippen molar-refractivity contribution >= 4 is 17.7 Å². The Morgan fingerprint density at radius 1 is 1.08 bits per heavy atom. The van der Waals surface area contributed by atoms with Gasteiger partial charge < -0.3 is 15.0 Å². The minimum absolute atomic E-state index is 0.217. The smallest absolute Gasteiger partial charge is 0.265 e. The van der Waals surface area contributed by atoms with E-state index in [1.807, 2.05) is 13.8 Å². The van der Waals surface area contributed by atoms with Gasteiger partial charge in [-0.3, -0.25) is 24.6 Å². The number of hydroxylamine groups is 1. The van der Waals surface area contributed by atoms with Gasteiger partial charge in [-0.05, 0) is 56.2 Å². The van der Waals surface area contributed by atoms with Crippen molar-refractivity contribution < 1.29 is 24.3 Å². The lowest BCUT2D eigenvalue weighted by Crippen LogP contribution is -2.54. The van der Waals surface area contributed by atoms with Gasteiger partial charge in [-0.25, -0.2) is 5.48 Å². The number of pyridine rings is 1. The predicted molar refractivity (Wildman–Crippen MR) is 136 cm³/mol. The van der Waals surface area contributed by atoms with Crippen LogP contribution in [0.3, 0.4) is 0 Å². The van der Waals surface area contributed by atoms with E-state index in [-0.39, 0.29) is 13.0 Å². The van der Waals surface area contributed by atoms with Crippen molar-refractivity contribution in [3.63, 3.8) is 0 Å². The van der Waals surface area contributed by atoms with Crippen molar-refractivity contribution in [1.29, 1.82) is 0 Å². The van der Waals surface area contributed by atoms with E-state index in [1.165, 1.54) is 24.2 Å². The molecule has 3 aromatic rings.